The summed E-state index contributed by atoms with van der Waals surface area (Å²) in [7, 11) is 1.93. The molecular weight excluding hydrogens is 170 g/mol. The van der Waals surface area contributed by atoms with E-state index in [1.165, 1.54) is 6.39 Å². The number of aromatic nitrogens is 2. The molecule has 0 amide bonds. The van der Waals surface area contributed by atoms with Gasteiger partial charge in [0.25, 0.3) is 0 Å². The summed E-state index contributed by atoms with van der Waals surface area (Å²) in [5.74, 6) is 0. The van der Waals surface area contributed by atoms with Crippen LogP contribution < -0.4 is 4.90 Å². The van der Waals surface area contributed by atoms with E-state index < -0.39 is 0 Å². The van der Waals surface area contributed by atoms with Crippen LogP contribution in [0.15, 0.2) is 10.8 Å². The van der Waals surface area contributed by atoms with Gasteiger partial charge in [0.05, 0.1) is 6.10 Å². The molecule has 0 aromatic carbocycles. The van der Waals surface area contributed by atoms with Crippen molar-refractivity contribution in [1.82, 2.24) is 10.2 Å². The average molecular weight is 183 g/mol. The van der Waals surface area contributed by atoms with Crippen LogP contribution in [0.2, 0.25) is 0 Å². The Morgan fingerprint density at radius 1 is 1.69 bits per heavy atom. The molecule has 2 rings (SSSR count). The highest BCUT2D eigenvalue weighted by Gasteiger charge is 2.19. The molecule has 13 heavy (non-hydrogen) atoms. The van der Waals surface area contributed by atoms with E-state index in [0.29, 0.717) is 12.1 Å². The second kappa shape index (κ2) is 3.74. The molecule has 0 saturated carbocycles. The topological polar surface area (TPSA) is 51.4 Å². The average Bonchev–Trinajstić information content (AvgIpc) is 2.74. The first-order chi connectivity index (χ1) is 6.36. The minimum absolute atomic E-state index is 0.317. The molecule has 0 spiro atoms. The molecule has 1 aromatic rings. The van der Waals surface area contributed by atoms with Crippen molar-refractivity contribution in [2.45, 2.75) is 18.9 Å². The summed E-state index contributed by atoms with van der Waals surface area (Å²) < 4.78 is 10.5. The summed E-state index contributed by atoms with van der Waals surface area (Å²) in [4.78, 5) is 1.92. The first-order valence-electron chi connectivity index (χ1n) is 4.45. The van der Waals surface area contributed by atoms with Crippen LogP contribution in [0.1, 0.15) is 12.8 Å². The van der Waals surface area contributed by atoms with Gasteiger partial charge in [0.15, 0.2) is 0 Å². The summed E-state index contributed by atoms with van der Waals surface area (Å²) in [6.45, 7) is 1.70. The zero-order valence-electron chi connectivity index (χ0n) is 7.64. The fraction of sp³-hybridized carbons (Fsp3) is 0.750. The second-order valence-electron chi connectivity index (χ2n) is 3.24. The van der Waals surface area contributed by atoms with Crippen LogP contribution >= 0.6 is 0 Å². The van der Waals surface area contributed by atoms with Crippen LogP contribution in [-0.2, 0) is 4.74 Å². The van der Waals surface area contributed by atoms with E-state index in [1.807, 2.05) is 11.9 Å². The molecule has 2 heterocycles. The normalized spacial score (nSPS) is 22.1. The van der Waals surface area contributed by atoms with Crippen LogP contribution in [0.4, 0.5) is 6.01 Å². The van der Waals surface area contributed by atoms with Gasteiger partial charge in [0, 0.05) is 20.2 Å². The number of rotatable bonds is 3. The molecule has 0 bridgehead atoms. The van der Waals surface area contributed by atoms with Gasteiger partial charge in [-0.05, 0) is 12.8 Å². The lowest BCUT2D eigenvalue weighted by Gasteiger charge is -2.17. The van der Waals surface area contributed by atoms with Gasteiger partial charge in [-0.2, -0.15) is 0 Å². The molecular formula is C8H13N3O2. The van der Waals surface area contributed by atoms with Crippen LogP contribution in [0, 0.1) is 0 Å². The molecule has 1 aromatic heterocycles. The van der Waals surface area contributed by atoms with Gasteiger partial charge in [-0.15, -0.1) is 5.10 Å². The maximum absolute atomic E-state index is 5.49. The van der Waals surface area contributed by atoms with Crippen molar-refractivity contribution >= 4 is 6.01 Å². The minimum Gasteiger partial charge on any atom is -0.411 e. The Morgan fingerprint density at radius 3 is 3.23 bits per heavy atom. The lowest BCUT2D eigenvalue weighted by atomic mass is 10.2. The lowest BCUT2D eigenvalue weighted by Crippen LogP contribution is -2.28. The molecule has 1 unspecified atom stereocenters. The predicted octanol–water partition coefficient (Wildman–Crippen LogP) is 0.685. The SMILES string of the molecule is CN(CC1CCCO1)c1nnco1. The number of hydrogen-bond donors (Lipinski definition) is 0. The van der Waals surface area contributed by atoms with E-state index in [2.05, 4.69) is 10.2 Å². The largest absolute Gasteiger partial charge is 0.411 e. The van der Waals surface area contributed by atoms with Crippen molar-refractivity contribution in [3.8, 4) is 0 Å². The van der Waals surface area contributed by atoms with Gasteiger partial charge in [0.1, 0.15) is 0 Å². The Kier molecular flexibility index (Phi) is 2.44. The summed E-state index contributed by atoms with van der Waals surface area (Å²) in [5, 5.41) is 7.43. The third kappa shape index (κ3) is 1.98. The van der Waals surface area contributed by atoms with Crippen molar-refractivity contribution in [2.24, 2.45) is 0 Å². The van der Waals surface area contributed by atoms with Crippen LogP contribution in [0.5, 0.6) is 0 Å². The fourth-order valence-electron chi connectivity index (χ4n) is 1.51. The molecule has 0 N–H and O–H groups in total. The molecule has 5 heteroatoms. The molecule has 0 aliphatic carbocycles. The van der Waals surface area contributed by atoms with Gasteiger partial charge in [0.2, 0.25) is 6.39 Å². The summed E-state index contributed by atoms with van der Waals surface area (Å²) in [6.07, 6.45) is 3.93. The second-order valence-corrected chi connectivity index (χ2v) is 3.24. The molecule has 1 atom stereocenters. The molecule has 0 radical (unpaired) electrons. The Morgan fingerprint density at radius 2 is 2.62 bits per heavy atom. The summed E-state index contributed by atoms with van der Waals surface area (Å²) >= 11 is 0. The van der Waals surface area contributed by atoms with Crippen molar-refractivity contribution in [3.63, 3.8) is 0 Å². The fourth-order valence-corrected chi connectivity index (χ4v) is 1.51. The first-order valence-corrected chi connectivity index (χ1v) is 4.45. The minimum atomic E-state index is 0.317. The monoisotopic (exact) mass is 183 g/mol. The molecule has 72 valence electrons. The third-order valence-corrected chi connectivity index (χ3v) is 2.18. The molecule has 1 fully saturated rings. The van der Waals surface area contributed by atoms with E-state index >= 15 is 0 Å². The third-order valence-electron chi connectivity index (χ3n) is 2.18. The lowest BCUT2D eigenvalue weighted by molar-refractivity contribution is 0.115. The summed E-state index contributed by atoms with van der Waals surface area (Å²) in [5.41, 5.74) is 0. The van der Waals surface area contributed by atoms with Crippen molar-refractivity contribution in [3.05, 3.63) is 6.39 Å². The number of ether oxygens (including phenoxy) is 1. The Balaban J connectivity index is 1.87. The number of likely N-dealkylation sites (N-methyl/N-ethyl adjacent to an activating group) is 1. The standard InChI is InChI=1S/C8H13N3O2/c1-11(8-10-9-6-13-8)5-7-3-2-4-12-7/h6-7H,2-5H2,1H3. The highest BCUT2D eigenvalue weighted by atomic mass is 16.5. The number of anilines is 1. The van der Waals surface area contributed by atoms with Crippen molar-refractivity contribution < 1.29 is 9.15 Å². The van der Waals surface area contributed by atoms with Crippen molar-refractivity contribution in [1.29, 1.82) is 0 Å². The Hall–Kier alpha value is -1.10. The predicted molar refractivity (Wildman–Crippen MR) is 46.5 cm³/mol. The number of hydrogen-bond acceptors (Lipinski definition) is 5. The van der Waals surface area contributed by atoms with Gasteiger partial charge in [-0.3, -0.25) is 0 Å². The highest BCUT2D eigenvalue weighted by Crippen LogP contribution is 2.15. The van der Waals surface area contributed by atoms with Crippen LogP contribution in [-0.4, -0.2) is 36.5 Å². The smallest absolute Gasteiger partial charge is 0.317 e. The van der Waals surface area contributed by atoms with Gasteiger partial charge < -0.3 is 14.1 Å². The molecule has 1 saturated heterocycles. The molecule has 1 aliphatic heterocycles. The van der Waals surface area contributed by atoms with E-state index in [-0.39, 0.29) is 0 Å². The Labute approximate surface area is 76.7 Å². The van der Waals surface area contributed by atoms with E-state index in [1.54, 1.807) is 0 Å². The zero-order chi connectivity index (χ0) is 9.10. The maximum atomic E-state index is 5.49. The highest BCUT2D eigenvalue weighted by molar-refractivity contribution is 5.20. The molecule has 1 aliphatic rings. The van der Waals surface area contributed by atoms with Crippen molar-refractivity contribution in [2.75, 3.05) is 25.1 Å². The number of nitrogens with zero attached hydrogens (tertiary/aromatic N) is 3. The van der Waals surface area contributed by atoms with Gasteiger partial charge >= 0.3 is 6.01 Å². The summed E-state index contributed by atoms with van der Waals surface area (Å²) in [6, 6.07) is 0.551. The van der Waals surface area contributed by atoms with Crippen LogP contribution in [0.25, 0.3) is 0 Å². The van der Waals surface area contributed by atoms with E-state index in [0.717, 1.165) is 26.0 Å². The van der Waals surface area contributed by atoms with Crippen LogP contribution in [0.3, 0.4) is 0 Å². The molecule has 5 nitrogen and oxygen atoms in total. The van der Waals surface area contributed by atoms with E-state index in [4.69, 9.17) is 9.15 Å². The Bertz CT molecular complexity index is 244. The maximum Gasteiger partial charge on any atom is 0.317 e. The van der Waals surface area contributed by atoms with Gasteiger partial charge in [-0.1, -0.05) is 5.10 Å². The quantitative estimate of drug-likeness (QED) is 0.689. The van der Waals surface area contributed by atoms with Gasteiger partial charge in [-0.25, -0.2) is 0 Å². The van der Waals surface area contributed by atoms with E-state index in [9.17, 15) is 0 Å². The zero-order valence-corrected chi connectivity index (χ0v) is 7.64. The first kappa shape index (κ1) is 8.50.